The molecular formula is C10H11FN4O2S. The van der Waals surface area contributed by atoms with Crippen LogP contribution in [0.25, 0.3) is 10.4 Å². The Hall–Kier alpha value is -1.79. The SMILES string of the molecule is [N-]=[N+]=Nc1ccc(N2CCS(=O)(=O)CC2)c(F)c1. The predicted octanol–water partition coefficient (Wildman–Crippen LogP) is 2.00. The highest BCUT2D eigenvalue weighted by atomic mass is 32.2. The minimum absolute atomic E-state index is 0.0323. The maximum Gasteiger partial charge on any atom is 0.153 e. The zero-order valence-corrected chi connectivity index (χ0v) is 10.3. The fraction of sp³-hybridized carbons (Fsp3) is 0.400. The largest absolute Gasteiger partial charge is 0.367 e. The Bertz CT molecular complexity index is 596. The molecule has 6 nitrogen and oxygen atoms in total. The molecule has 0 spiro atoms. The first-order chi connectivity index (χ1) is 8.52. The molecule has 0 amide bonds. The van der Waals surface area contributed by atoms with Gasteiger partial charge in [0.2, 0.25) is 0 Å². The summed E-state index contributed by atoms with van der Waals surface area (Å²) in [7, 11) is -2.98. The number of azide groups is 1. The van der Waals surface area contributed by atoms with Crippen molar-refractivity contribution in [2.75, 3.05) is 29.5 Å². The second-order valence-corrected chi connectivity index (χ2v) is 6.27. The quantitative estimate of drug-likeness (QED) is 0.468. The van der Waals surface area contributed by atoms with Gasteiger partial charge in [-0.25, -0.2) is 12.8 Å². The number of halogens is 1. The molecule has 96 valence electrons. The van der Waals surface area contributed by atoms with Crippen LogP contribution in [0, 0.1) is 5.82 Å². The van der Waals surface area contributed by atoms with Crippen LogP contribution < -0.4 is 4.90 Å². The van der Waals surface area contributed by atoms with E-state index in [4.69, 9.17) is 5.53 Å². The molecule has 0 radical (unpaired) electrons. The van der Waals surface area contributed by atoms with Crippen molar-refractivity contribution in [1.29, 1.82) is 0 Å². The summed E-state index contributed by atoms with van der Waals surface area (Å²) in [5.41, 5.74) is 8.78. The van der Waals surface area contributed by atoms with Crippen LogP contribution >= 0.6 is 0 Å². The fourth-order valence-corrected chi connectivity index (χ4v) is 3.02. The molecule has 0 aromatic heterocycles. The van der Waals surface area contributed by atoms with Gasteiger partial charge in [0, 0.05) is 23.7 Å². The van der Waals surface area contributed by atoms with Crippen molar-refractivity contribution in [3.05, 3.63) is 34.5 Å². The van der Waals surface area contributed by atoms with E-state index < -0.39 is 15.7 Å². The van der Waals surface area contributed by atoms with E-state index >= 15 is 0 Å². The minimum atomic E-state index is -2.98. The Kier molecular flexibility index (Phi) is 3.40. The summed E-state index contributed by atoms with van der Waals surface area (Å²) in [6.45, 7) is 0.556. The molecule has 0 atom stereocenters. The summed E-state index contributed by atoms with van der Waals surface area (Å²) < 4.78 is 36.3. The summed E-state index contributed by atoms with van der Waals surface area (Å²) in [4.78, 5) is 4.25. The van der Waals surface area contributed by atoms with Gasteiger partial charge in [-0.1, -0.05) is 11.2 Å². The summed E-state index contributed by atoms with van der Waals surface area (Å²) >= 11 is 0. The summed E-state index contributed by atoms with van der Waals surface area (Å²) in [5.74, 6) is -0.450. The van der Waals surface area contributed by atoms with Gasteiger partial charge in [0.1, 0.15) is 5.82 Å². The maximum absolute atomic E-state index is 13.8. The van der Waals surface area contributed by atoms with E-state index in [9.17, 15) is 12.8 Å². The molecule has 1 aromatic carbocycles. The van der Waals surface area contributed by atoms with Crippen LogP contribution in [0.2, 0.25) is 0 Å². The predicted molar refractivity (Wildman–Crippen MR) is 66.1 cm³/mol. The van der Waals surface area contributed by atoms with Gasteiger partial charge in [-0.05, 0) is 17.7 Å². The molecule has 8 heteroatoms. The highest BCUT2D eigenvalue weighted by molar-refractivity contribution is 7.91. The first kappa shape index (κ1) is 12.7. The molecule has 2 rings (SSSR count). The van der Waals surface area contributed by atoms with Crippen LogP contribution in [0.4, 0.5) is 15.8 Å². The average Bonchev–Trinajstić information content (AvgIpc) is 2.31. The summed E-state index contributed by atoms with van der Waals surface area (Å²) in [5, 5.41) is 3.30. The molecule has 1 aliphatic heterocycles. The van der Waals surface area contributed by atoms with Crippen molar-refractivity contribution in [1.82, 2.24) is 0 Å². The lowest BCUT2D eigenvalue weighted by molar-refractivity contribution is 0.582. The maximum atomic E-state index is 13.8. The van der Waals surface area contributed by atoms with Crippen molar-refractivity contribution < 1.29 is 12.8 Å². The third-order valence-corrected chi connectivity index (χ3v) is 4.39. The Morgan fingerprint density at radius 2 is 2.00 bits per heavy atom. The van der Waals surface area contributed by atoms with Crippen LogP contribution in [-0.2, 0) is 9.84 Å². The fourth-order valence-electron chi connectivity index (χ4n) is 1.82. The number of benzene rings is 1. The number of hydrogen-bond donors (Lipinski definition) is 0. The Morgan fingerprint density at radius 3 is 2.56 bits per heavy atom. The van der Waals surface area contributed by atoms with Crippen molar-refractivity contribution in [2.45, 2.75) is 0 Å². The summed E-state index contributed by atoms with van der Waals surface area (Å²) in [6, 6.07) is 4.14. The number of hydrogen-bond acceptors (Lipinski definition) is 4. The topological polar surface area (TPSA) is 86.1 Å². The third-order valence-electron chi connectivity index (χ3n) is 2.78. The smallest absolute Gasteiger partial charge is 0.153 e. The molecule has 0 bridgehead atoms. The van der Waals surface area contributed by atoms with Crippen molar-refractivity contribution >= 4 is 21.2 Å². The normalized spacial score (nSPS) is 18.2. The molecule has 0 aliphatic carbocycles. The molecule has 1 saturated heterocycles. The Balaban J connectivity index is 2.22. The second kappa shape index (κ2) is 4.83. The van der Waals surface area contributed by atoms with E-state index in [1.807, 2.05) is 0 Å². The minimum Gasteiger partial charge on any atom is -0.367 e. The van der Waals surface area contributed by atoms with Crippen LogP contribution in [-0.4, -0.2) is 33.0 Å². The average molecular weight is 270 g/mol. The number of sulfone groups is 1. The van der Waals surface area contributed by atoms with E-state index in [-0.39, 0.29) is 30.3 Å². The highest BCUT2D eigenvalue weighted by Gasteiger charge is 2.23. The van der Waals surface area contributed by atoms with Crippen LogP contribution in [0.15, 0.2) is 23.3 Å². The van der Waals surface area contributed by atoms with Crippen molar-refractivity contribution in [3.8, 4) is 0 Å². The lowest BCUT2D eigenvalue weighted by Gasteiger charge is -2.29. The van der Waals surface area contributed by atoms with Crippen LogP contribution in [0.3, 0.4) is 0 Å². The van der Waals surface area contributed by atoms with Crippen LogP contribution in [0.5, 0.6) is 0 Å². The molecule has 1 aliphatic rings. The van der Waals surface area contributed by atoms with Gasteiger partial charge < -0.3 is 4.90 Å². The molecule has 1 aromatic rings. The van der Waals surface area contributed by atoms with E-state index in [2.05, 4.69) is 10.0 Å². The molecule has 0 N–H and O–H groups in total. The van der Waals surface area contributed by atoms with Crippen molar-refractivity contribution in [2.24, 2.45) is 5.11 Å². The molecular weight excluding hydrogens is 259 g/mol. The van der Waals surface area contributed by atoms with Gasteiger partial charge in [-0.2, -0.15) is 0 Å². The first-order valence-corrected chi connectivity index (χ1v) is 7.14. The lowest BCUT2D eigenvalue weighted by atomic mass is 10.2. The highest BCUT2D eigenvalue weighted by Crippen LogP contribution is 2.25. The number of nitrogens with zero attached hydrogens (tertiary/aromatic N) is 4. The number of rotatable bonds is 2. The van der Waals surface area contributed by atoms with Gasteiger partial charge in [0.15, 0.2) is 9.84 Å². The first-order valence-electron chi connectivity index (χ1n) is 5.32. The van der Waals surface area contributed by atoms with E-state index in [1.165, 1.54) is 12.1 Å². The monoisotopic (exact) mass is 270 g/mol. The molecule has 18 heavy (non-hydrogen) atoms. The van der Waals surface area contributed by atoms with Crippen LogP contribution in [0.1, 0.15) is 0 Å². The van der Waals surface area contributed by atoms with Gasteiger partial charge in [-0.3, -0.25) is 0 Å². The van der Waals surface area contributed by atoms with E-state index in [0.717, 1.165) is 6.07 Å². The standard InChI is InChI=1S/C10H11FN4O2S/c11-9-7-8(13-14-12)1-2-10(9)15-3-5-18(16,17)6-4-15/h1-2,7H,3-6H2. The third kappa shape index (κ3) is 2.72. The van der Waals surface area contributed by atoms with E-state index in [0.29, 0.717) is 5.69 Å². The molecule has 0 unspecified atom stereocenters. The van der Waals surface area contributed by atoms with Gasteiger partial charge >= 0.3 is 0 Å². The van der Waals surface area contributed by atoms with Gasteiger partial charge in [0.05, 0.1) is 17.2 Å². The molecule has 0 saturated carbocycles. The van der Waals surface area contributed by atoms with Gasteiger partial charge in [-0.15, -0.1) is 0 Å². The molecule has 1 heterocycles. The lowest BCUT2D eigenvalue weighted by Crippen LogP contribution is -2.40. The molecule has 1 fully saturated rings. The summed E-state index contributed by atoms with van der Waals surface area (Å²) in [6.07, 6.45) is 0. The zero-order chi connectivity index (χ0) is 13.2. The van der Waals surface area contributed by atoms with Gasteiger partial charge in [0.25, 0.3) is 0 Å². The Morgan fingerprint density at radius 1 is 1.33 bits per heavy atom. The number of anilines is 1. The zero-order valence-electron chi connectivity index (χ0n) is 9.45. The van der Waals surface area contributed by atoms with E-state index in [1.54, 1.807) is 4.90 Å². The van der Waals surface area contributed by atoms with Crippen molar-refractivity contribution in [3.63, 3.8) is 0 Å². The Labute approximate surface area is 104 Å². The second-order valence-electron chi connectivity index (χ2n) is 3.96.